The van der Waals surface area contributed by atoms with Gasteiger partial charge in [-0.1, -0.05) is 23.7 Å². The maximum atomic E-state index is 11.9. The van der Waals surface area contributed by atoms with Gasteiger partial charge in [-0.25, -0.2) is 0 Å². The first-order valence-corrected chi connectivity index (χ1v) is 7.95. The van der Waals surface area contributed by atoms with Crippen LogP contribution in [-0.4, -0.2) is 22.1 Å². The summed E-state index contributed by atoms with van der Waals surface area (Å²) in [6, 6.07) is 9.86. The minimum absolute atomic E-state index is 0.0886. The van der Waals surface area contributed by atoms with Gasteiger partial charge in [-0.3, -0.25) is 9.89 Å². The zero-order valence-corrected chi connectivity index (χ0v) is 13.8. The summed E-state index contributed by atoms with van der Waals surface area (Å²) < 4.78 is 0. The van der Waals surface area contributed by atoms with E-state index in [0.717, 1.165) is 35.7 Å². The van der Waals surface area contributed by atoms with Crippen LogP contribution in [0.1, 0.15) is 36.7 Å². The number of halogens is 1. The Balaban J connectivity index is 1.67. The van der Waals surface area contributed by atoms with Gasteiger partial charge in [-0.05, 0) is 50.5 Å². The molecule has 1 aromatic heterocycles. The maximum absolute atomic E-state index is 11.9. The number of aromatic amines is 1. The lowest BCUT2D eigenvalue weighted by molar-refractivity contribution is -0.121. The van der Waals surface area contributed by atoms with Gasteiger partial charge >= 0.3 is 0 Å². The zero-order valence-electron chi connectivity index (χ0n) is 13.0. The number of hydrogen-bond acceptors (Lipinski definition) is 2. The largest absolute Gasteiger partial charge is 0.353 e. The highest BCUT2D eigenvalue weighted by atomic mass is 35.5. The molecule has 0 bridgehead atoms. The van der Waals surface area contributed by atoms with E-state index in [4.69, 9.17) is 11.6 Å². The molecule has 0 aliphatic heterocycles. The molecule has 4 nitrogen and oxygen atoms in total. The number of amides is 1. The Morgan fingerprint density at radius 2 is 2.09 bits per heavy atom. The molecule has 0 saturated carbocycles. The highest BCUT2D eigenvalue weighted by Crippen LogP contribution is 2.11. The summed E-state index contributed by atoms with van der Waals surface area (Å²) in [6.45, 7) is 3.97. The summed E-state index contributed by atoms with van der Waals surface area (Å²) >= 11 is 5.85. The first kappa shape index (κ1) is 16.6. The van der Waals surface area contributed by atoms with Gasteiger partial charge in [0.25, 0.3) is 0 Å². The molecule has 0 radical (unpaired) electrons. The van der Waals surface area contributed by atoms with Gasteiger partial charge in [0, 0.05) is 29.6 Å². The fourth-order valence-electron chi connectivity index (χ4n) is 2.39. The Labute approximate surface area is 136 Å². The normalized spacial score (nSPS) is 12.1. The van der Waals surface area contributed by atoms with Crippen molar-refractivity contribution in [3.8, 4) is 0 Å². The van der Waals surface area contributed by atoms with Crippen molar-refractivity contribution in [1.82, 2.24) is 15.5 Å². The summed E-state index contributed by atoms with van der Waals surface area (Å²) in [5.41, 5.74) is 3.22. The SMILES string of the molecule is Cc1cc(CC(C)NC(=O)CCCc2ccc(Cl)cc2)n[nH]1. The molecule has 0 fully saturated rings. The second kappa shape index (κ2) is 7.99. The van der Waals surface area contributed by atoms with Crippen molar-refractivity contribution >= 4 is 17.5 Å². The average molecular weight is 320 g/mol. The first-order valence-electron chi connectivity index (χ1n) is 7.57. The van der Waals surface area contributed by atoms with Crippen LogP contribution in [0.3, 0.4) is 0 Å². The molecule has 5 heteroatoms. The van der Waals surface area contributed by atoms with Crippen molar-refractivity contribution in [1.29, 1.82) is 0 Å². The van der Waals surface area contributed by atoms with Gasteiger partial charge < -0.3 is 5.32 Å². The second-order valence-electron chi connectivity index (χ2n) is 5.69. The molecule has 2 aromatic rings. The summed E-state index contributed by atoms with van der Waals surface area (Å²) in [5.74, 6) is 0.0914. The third kappa shape index (κ3) is 5.53. The standard InChI is InChI=1S/C17H22ClN3O/c1-12(10-16-11-13(2)20-21-16)19-17(22)5-3-4-14-6-8-15(18)9-7-14/h6-9,11-12H,3-5,10H2,1-2H3,(H,19,22)(H,20,21). The third-order valence-corrected chi connectivity index (χ3v) is 3.72. The number of rotatable bonds is 7. The topological polar surface area (TPSA) is 57.8 Å². The molecule has 118 valence electrons. The molecule has 0 aliphatic rings. The monoisotopic (exact) mass is 319 g/mol. The molecular weight excluding hydrogens is 298 g/mol. The lowest BCUT2D eigenvalue weighted by Gasteiger charge is -2.12. The van der Waals surface area contributed by atoms with Crippen molar-refractivity contribution in [2.24, 2.45) is 0 Å². The van der Waals surface area contributed by atoms with Gasteiger partial charge in [0.1, 0.15) is 0 Å². The second-order valence-corrected chi connectivity index (χ2v) is 6.13. The van der Waals surface area contributed by atoms with E-state index in [1.807, 2.05) is 44.2 Å². The fraction of sp³-hybridized carbons (Fsp3) is 0.412. The molecule has 22 heavy (non-hydrogen) atoms. The lowest BCUT2D eigenvalue weighted by Crippen LogP contribution is -2.34. The highest BCUT2D eigenvalue weighted by molar-refractivity contribution is 6.30. The highest BCUT2D eigenvalue weighted by Gasteiger charge is 2.09. The van der Waals surface area contributed by atoms with Crippen LogP contribution in [0.2, 0.25) is 5.02 Å². The van der Waals surface area contributed by atoms with Gasteiger partial charge in [0.15, 0.2) is 0 Å². The van der Waals surface area contributed by atoms with Crippen LogP contribution in [0.5, 0.6) is 0 Å². The number of aryl methyl sites for hydroxylation is 2. The minimum Gasteiger partial charge on any atom is -0.353 e. The Hall–Kier alpha value is -1.81. The van der Waals surface area contributed by atoms with Crippen molar-refractivity contribution < 1.29 is 4.79 Å². The van der Waals surface area contributed by atoms with Crippen molar-refractivity contribution in [3.63, 3.8) is 0 Å². The summed E-state index contributed by atoms with van der Waals surface area (Å²) in [6.07, 6.45) is 3.00. The molecule has 2 rings (SSSR count). The molecule has 2 N–H and O–H groups in total. The van der Waals surface area contributed by atoms with Crippen molar-refractivity contribution in [3.05, 3.63) is 52.3 Å². The lowest BCUT2D eigenvalue weighted by atomic mass is 10.1. The molecule has 1 atom stereocenters. The fourth-order valence-corrected chi connectivity index (χ4v) is 2.52. The zero-order chi connectivity index (χ0) is 15.9. The molecule has 1 aromatic carbocycles. The van der Waals surface area contributed by atoms with Crippen molar-refractivity contribution in [2.75, 3.05) is 0 Å². The quantitative estimate of drug-likeness (QED) is 0.821. The Morgan fingerprint density at radius 3 is 2.73 bits per heavy atom. The molecule has 0 spiro atoms. The van der Waals surface area contributed by atoms with Crippen LogP contribution in [0.25, 0.3) is 0 Å². The predicted octanol–water partition coefficient (Wildman–Crippen LogP) is 3.44. The van der Waals surface area contributed by atoms with E-state index in [1.165, 1.54) is 5.56 Å². The number of nitrogens with one attached hydrogen (secondary N) is 2. The van der Waals surface area contributed by atoms with Crippen LogP contribution in [0, 0.1) is 6.92 Å². The van der Waals surface area contributed by atoms with Crippen molar-refractivity contribution in [2.45, 2.75) is 45.6 Å². The van der Waals surface area contributed by atoms with E-state index in [9.17, 15) is 4.79 Å². The number of benzene rings is 1. The van der Waals surface area contributed by atoms with Gasteiger partial charge in [-0.2, -0.15) is 5.10 Å². The van der Waals surface area contributed by atoms with Crippen LogP contribution in [-0.2, 0) is 17.6 Å². The van der Waals surface area contributed by atoms with Crippen LogP contribution in [0.15, 0.2) is 30.3 Å². The third-order valence-electron chi connectivity index (χ3n) is 3.46. The molecule has 1 amide bonds. The van der Waals surface area contributed by atoms with Crippen LogP contribution in [0.4, 0.5) is 0 Å². The molecule has 0 saturated heterocycles. The molecule has 1 heterocycles. The van der Waals surface area contributed by atoms with Crippen LogP contribution < -0.4 is 5.32 Å². The van der Waals surface area contributed by atoms with Gasteiger partial charge in [0.05, 0.1) is 5.69 Å². The Morgan fingerprint density at radius 1 is 1.36 bits per heavy atom. The maximum Gasteiger partial charge on any atom is 0.220 e. The summed E-state index contributed by atoms with van der Waals surface area (Å²) in [4.78, 5) is 11.9. The number of hydrogen-bond donors (Lipinski definition) is 2. The average Bonchev–Trinajstić information content (AvgIpc) is 2.86. The summed E-state index contributed by atoms with van der Waals surface area (Å²) in [7, 11) is 0. The molecular formula is C17H22ClN3O. The predicted molar refractivity (Wildman–Crippen MR) is 89.0 cm³/mol. The first-order chi connectivity index (χ1) is 10.5. The van der Waals surface area contributed by atoms with E-state index >= 15 is 0 Å². The van der Waals surface area contributed by atoms with E-state index < -0.39 is 0 Å². The Kier molecular flexibility index (Phi) is 6.01. The smallest absolute Gasteiger partial charge is 0.220 e. The van der Waals surface area contributed by atoms with E-state index in [-0.39, 0.29) is 11.9 Å². The minimum atomic E-state index is 0.0886. The molecule has 0 aliphatic carbocycles. The van der Waals surface area contributed by atoms with Gasteiger partial charge in [-0.15, -0.1) is 0 Å². The number of H-pyrrole nitrogens is 1. The number of aromatic nitrogens is 2. The summed E-state index contributed by atoms with van der Waals surface area (Å²) in [5, 5.41) is 10.9. The van der Waals surface area contributed by atoms with Crippen LogP contribution >= 0.6 is 11.6 Å². The Bertz CT molecular complexity index is 607. The van der Waals surface area contributed by atoms with E-state index in [0.29, 0.717) is 6.42 Å². The number of carbonyl (C=O) groups excluding carboxylic acids is 1. The van der Waals surface area contributed by atoms with E-state index in [2.05, 4.69) is 15.5 Å². The van der Waals surface area contributed by atoms with Gasteiger partial charge in [0.2, 0.25) is 5.91 Å². The van der Waals surface area contributed by atoms with E-state index in [1.54, 1.807) is 0 Å². The molecule has 1 unspecified atom stereocenters. The number of nitrogens with zero attached hydrogens (tertiary/aromatic N) is 1. The number of carbonyl (C=O) groups is 1.